The summed E-state index contributed by atoms with van der Waals surface area (Å²) in [5.41, 5.74) is 0. The van der Waals surface area contributed by atoms with E-state index in [9.17, 15) is 70.2 Å². The molecule has 0 aliphatic heterocycles. The van der Waals surface area contributed by atoms with Crippen LogP contribution in [-0.2, 0) is 0 Å². The Morgan fingerprint density at radius 1 is 0.440 bits per heavy atom. The molecule has 0 fully saturated rings. The van der Waals surface area contributed by atoms with Crippen molar-refractivity contribution in [3.05, 3.63) is 0 Å². The van der Waals surface area contributed by atoms with Crippen LogP contribution in [0.2, 0.25) is 0 Å². The van der Waals surface area contributed by atoms with E-state index in [4.69, 9.17) is 5.11 Å². The van der Waals surface area contributed by atoms with Crippen LogP contribution >= 0.6 is 0 Å². The van der Waals surface area contributed by atoms with Gasteiger partial charge in [-0.1, -0.05) is 0 Å². The lowest BCUT2D eigenvalue weighted by Gasteiger charge is -2.41. The molecule has 0 bridgehead atoms. The molecular formula is C8H2F16O. The normalized spacial score (nSPS) is 16.6. The maximum atomic E-state index is 12.8. The number of rotatable bonds is 7. The molecule has 0 aromatic rings. The Morgan fingerprint density at radius 3 is 0.920 bits per heavy atom. The number of hydrogen-bond donors (Lipinski definition) is 1. The summed E-state index contributed by atoms with van der Waals surface area (Å²) in [6.07, 6.45) is -13.1. The van der Waals surface area contributed by atoms with Crippen LogP contribution in [0.3, 0.4) is 0 Å². The van der Waals surface area contributed by atoms with Crippen molar-refractivity contribution < 1.29 is 75.4 Å². The van der Waals surface area contributed by atoms with Gasteiger partial charge in [-0.2, -0.15) is 61.5 Å². The Balaban J connectivity index is 6.50. The van der Waals surface area contributed by atoms with Gasteiger partial charge in [0.1, 0.15) is 0 Å². The Morgan fingerprint density at radius 2 is 0.680 bits per heavy atom. The largest absolute Gasteiger partial charge is 0.423 e. The van der Waals surface area contributed by atoms with E-state index in [1.807, 2.05) is 0 Å². The van der Waals surface area contributed by atoms with Crippen molar-refractivity contribution in [2.75, 3.05) is 0 Å². The van der Waals surface area contributed by atoms with Gasteiger partial charge in [-0.15, -0.1) is 0 Å². The molecule has 152 valence electrons. The summed E-state index contributed by atoms with van der Waals surface area (Å²) in [5.74, 6) is -48.6. The summed E-state index contributed by atoms with van der Waals surface area (Å²) in [7, 11) is 0. The van der Waals surface area contributed by atoms with E-state index in [0.717, 1.165) is 0 Å². The first-order valence-corrected chi connectivity index (χ1v) is 5.09. The van der Waals surface area contributed by atoms with Gasteiger partial charge in [0, 0.05) is 0 Å². The number of halogens is 16. The van der Waals surface area contributed by atoms with Crippen LogP contribution in [0.5, 0.6) is 0 Å². The fraction of sp³-hybridized carbons (Fsp3) is 1.00. The summed E-state index contributed by atoms with van der Waals surface area (Å²) in [6.45, 7) is 0. The van der Waals surface area contributed by atoms with Gasteiger partial charge in [0.15, 0.2) is 0 Å². The van der Waals surface area contributed by atoms with Crippen LogP contribution < -0.4 is 0 Å². The first-order chi connectivity index (χ1) is 10.4. The second-order valence-corrected chi connectivity index (χ2v) is 4.34. The van der Waals surface area contributed by atoms with Crippen molar-refractivity contribution >= 4 is 0 Å². The first kappa shape index (κ1) is 23.8. The molecule has 0 saturated carbocycles. The van der Waals surface area contributed by atoms with E-state index >= 15 is 0 Å². The Kier molecular flexibility index (Phi) is 5.41. The predicted octanol–water partition coefficient (Wildman–Crippen LogP) is 4.65. The van der Waals surface area contributed by atoms with Gasteiger partial charge in [-0.25, -0.2) is 8.78 Å². The van der Waals surface area contributed by atoms with Gasteiger partial charge >= 0.3 is 48.1 Å². The van der Waals surface area contributed by atoms with Crippen LogP contribution in [-0.4, -0.2) is 53.2 Å². The molecule has 0 aliphatic carbocycles. The van der Waals surface area contributed by atoms with E-state index in [0.29, 0.717) is 0 Å². The molecule has 0 amide bonds. The minimum atomic E-state index is -8.46. The van der Waals surface area contributed by atoms with Gasteiger partial charge in [0.2, 0.25) is 0 Å². The molecule has 0 aromatic carbocycles. The van der Waals surface area contributed by atoms with E-state index in [-0.39, 0.29) is 0 Å². The standard InChI is InChI=1S/C8H2F16O/c9-1(10)2(11,12)3(13,14)4(15,16)5(17,18)6(19,20)7(21,22)8(23,24)25/h1,25H. The second-order valence-electron chi connectivity index (χ2n) is 4.34. The molecule has 0 unspecified atom stereocenters. The molecule has 0 heterocycles. The fourth-order valence-electron chi connectivity index (χ4n) is 1.13. The summed E-state index contributed by atoms with van der Waals surface area (Å²) in [6, 6.07) is 0. The first-order valence-electron chi connectivity index (χ1n) is 5.09. The quantitative estimate of drug-likeness (QED) is 0.598. The maximum absolute atomic E-state index is 12.8. The number of aliphatic hydroxyl groups is 1. The summed E-state index contributed by atoms with van der Waals surface area (Å²) >= 11 is 0. The molecular weight excluding hydrogens is 416 g/mol. The van der Waals surface area contributed by atoms with Crippen molar-refractivity contribution in [2.24, 2.45) is 0 Å². The molecule has 0 atom stereocenters. The van der Waals surface area contributed by atoms with Crippen molar-refractivity contribution in [2.45, 2.75) is 48.1 Å². The zero-order chi connectivity index (χ0) is 21.1. The summed E-state index contributed by atoms with van der Waals surface area (Å²) in [5, 5.41) is 7.36. The van der Waals surface area contributed by atoms with Crippen LogP contribution in [0.15, 0.2) is 0 Å². The van der Waals surface area contributed by atoms with E-state index in [1.165, 1.54) is 0 Å². The summed E-state index contributed by atoms with van der Waals surface area (Å²) < 4.78 is 198. The Labute approximate surface area is 125 Å². The molecule has 17 heteroatoms. The van der Waals surface area contributed by atoms with Gasteiger partial charge in [-0.05, 0) is 0 Å². The Bertz CT molecular complexity index is 487. The zero-order valence-electron chi connectivity index (χ0n) is 10.6. The molecule has 0 radical (unpaired) electrons. The molecule has 1 nitrogen and oxygen atoms in total. The highest BCUT2D eigenvalue weighted by molar-refractivity contribution is 5.13. The van der Waals surface area contributed by atoms with Gasteiger partial charge in [0.05, 0.1) is 0 Å². The van der Waals surface area contributed by atoms with Gasteiger partial charge < -0.3 is 5.11 Å². The summed E-state index contributed by atoms with van der Waals surface area (Å²) in [4.78, 5) is 0. The third kappa shape index (κ3) is 2.87. The van der Waals surface area contributed by atoms with Crippen LogP contribution in [0.4, 0.5) is 70.2 Å². The van der Waals surface area contributed by atoms with E-state index in [2.05, 4.69) is 0 Å². The van der Waals surface area contributed by atoms with Crippen molar-refractivity contribution in [1.82, 2.24) is 0 Å². The van der Waals surface area contributed by atoms with E-state index in [1.54, 1.807) is 0 Å². The van der Waals surface area contributed by atoms with Gasteiger partial charge in [0.25, 0.3) is 0 Å². The van der Waals surface area contributed by atoms with Crippen LogP contribution in [0.25, 0.3) is 0 Å². The highest BCUT2D eigenvalue weighted by Crippen LogP contribution is 2.62. The Hall–Kier alpha value is -1.16. The minimum absolute atomic E-state index is 5.88. The molecule has 0 saturated heterocycles. The average molecular weight is 418 g/mol. The van der Waals surface area contributed by atoms with Crippen molar-refractivity contribution in [3.8, 4) is 0 Å². The molecule has 0 aromatic heterocycles. The van der Waals surface area contributed by atoms with Gasteiger partial charge in [-0.3, -0.25) is 0 Å². The lowest BCUT2D eigenvalue weighted by Crippen LogP contribution is -2.73. The van der Waals surface area contributed by atoms with Crippen molar-refractivity contribution in [1.29, 1.82) is 0 Å². The topological polar surface area (TPSA) is 20.2 Å². The third-order valence-electron chi connectivity index (χ3n) is 2.65. The van der Waals surface area contributed by atoms with Crippen LogP contribution in [0.1, 0.15) is 0 Å². The highest BCUT2D eigenvalue weighted by Gasteiger charge is 2.93. The van der Waals surface area contributed by atoms with Crippen molar-refractivity contribution in [3.63, 3.8) is 0 Å². The van der Waals surface area contributed by atoms with Crippen LogP contribution in [0, 0.1) is 0 Å². The molecule has 1 N–H and O–H groups in total. The van der Waals surface area contributed by atoms with E-state index < -0.39 is 48.1 Å². The number of hydrogen-bond acceptors (Lipinski definition) is 1. The smallest absolute Gasteiger partial charge is 0.331 e. The second kappa shape index (κ2) is 5.67. The number of alkyl halides is 16. The lowest BCUT2D eigenvalue weighted by molar-refractivity contribution is -0.464. The maximum Gasteiger partial charge on any atom is 0.423 e. The average Bonchev–Trinajstić information content (AvgIpc) is 2.35. The highest BCUT2D eigenvalue weighted by atomic mass is 19.4. The SMILES string of the molecule is OC(F)(F)C(F)(F)C(F)(F)C(F)(F)C(F)(F)C(F)(F)C(F)(F)C(F)F. The molecule has 25 heavy (non-hydrogen) atoms. The monoisotopic (exact) mass is 418 g/mol. The molecule has 0 rings (SSSR count). The third-order valence-corrected chi connectivity index (χ3v) is 2.65. The minimum Gasteiger partial charge on any atom is -0.331 e. The lowest BCUT2D eigenvalue weighted by atomic mass is 9.91. The molecule has 0 spiro atoms. The zero-order valence-corrected chi connectivity index (χ0v) is 10.6. The predicted molar refractivity (Wildman–Crippen MR) is 42.9 cm³/mol. The molecule has 0 aliphatic rings. The fourth-order valence-corrected chi connectivity index (χ4v) is 1.13.